The smallest absolute Gasteiger partial charge is 0.240 e. The topological polar surface area (TPSA) is 77.4 Å². The van der Waals surface area contributed by atoms with Crippen LogP contribution in [0.4, 0.5) is 4.39 Å². The standard InChI is InChI=1S/C21H23FN2O4S/c1-15(13-28-2)23-21(25)12-24-11-20(18-5-3-4-6-19(18)24)29(26,27)14-16-7-9-17(22)10-8-16/h3-11,15H,12-14H2,1-2H3,(H,23,25). The average Bonchev–Trinajstić information content (AvgIpc) is 3.03. The summed E-state index contributed by atoms with van der Waals surface area (Å²) in [6.07, 6.45) is 1.49. The number of rotatable bonds is 8. The van der Waals surface area contributed by atoms with Crippen LogP contribution in [-0.4, -0.2) is 38.7 Å². The average molecular weight is 418 g/mol. The quantitative estimate of drug-likeness (QED) is 0.610. The number of methoxy groups -OCH3 is 1. The number of amides is 1. The maximum Gasteiger partial charge on any atom is 0.240 e. The minimum absolute atomic E-state index is 0.0133. The van der Waals surface area contributed by atoms with Crippen LogP contribution in [0.2, 0.25) is 0 Å². The monoisotopic (exact) mass is 418 g/mol. The second kappa shape index (κ2) is 8.75. The van der Waals surface area contributed by atoms with Crippen LogP contribution in [0.3, 0.4) is 0 Å². The summed E-state index contributed by atoms with van der Waals surface area (Å²) in [6.45, 7) is 2.20. The molecule has 1 heterocycles. The maximum atomic E-state index is 13.1. The number of hydrogen-bond donors (Lipinski definition) is 1. The Bertz CT molecular complexity index is 1110. The second-order valence-electron chi connectivity index (χ2n) is 6.95. The fourth-order valence-corrected chi connectivity index (χ4v) is 4.82. The molecule has 0 aliphatic rings. The molecule has 1 N–H and O–H groups in total. The van der Waals surface area contributed by atoms with Gasteiger partial charge in [0, 0.05) is 30.3 Å². The van der Waals surface area contributed by atoms with E-state index in [-0.39, 0.29) is 29.1 Å². The molecule has 1 atom stereocenters. The predicted molar refractivity (Wildman–Crippen MR) is 109 cm³/mol. The summed E-state index contributed by atoms with van der Waals surface area (Å²) >= 11 is 0. The fraction of sp³-hybridized carbons (Fsp3) is 0.286. The SMILES string of the molecule is COCC(C)NC(=O)Cn1cc(S(=O)(=O)Cc2ccc(F)cc2)c2ccccc21. The number of sulfone groups is 1. The Hall–Kier alpha value is -2.71. The van der Waals surface area contributed by atoms with Crippen molar-refractivity contribution in [3.8, 4) is 0 Å². The van der Waals surface area contributed by atoms with E-state index in [0.717, 1.165) is 0 Å². The molecule has 8 heteroatoms. The van der Waals surface area contributed by atoms with E-state index >= 15 is 0 Å². The van der Waals surface area contributed by atoms with Crippen LogP contribution < -0.4 is 5.32 Å². The van der Waals surface area contributed by atoms with Crippen LogP contribution in [0.25, 0.3) is 10.9 Å². The van der Waals surface area contributed by atoms with Gasteiger partial charge in [-0.1, -0.05) is 30.3 Å². The van der Waals surface area contributed by atoms with Gasteiger partial charge in [0.05, 0.1) is 17.3 Å². The van der Waals surface area contributed by atoms with Gasteiger partial charge in [-0.2, -0.15) is 0 Å². The Morgan fingerprint density at radius 3 is 2.55 bits per heavy atom. The van der Waals surface area contributed by atoms with Crippen molar-refractivity contribution in [1.29, 1.82) is 0 Å². The van der Waals surface area contributed by atoms with Gasteiger partial charge in [0.1, 0.15) is 12.4 Å². The number of benzene rings is 2. The molecule has 1 unspecified atom stereocenters. The molecule has 0 fully saturated rings. The van der Waals surface area contributed by atoms with Gasteiger partial charge < -0.3 is 14.6 Å². The van der Waals surface area contributed by atoms with E-state index in [0.29, 0.717) is 23.1 Å². The van der Waals surface area contributed by atoms with E-state index in [1.165, 1.54) is 30.5 Å². The summed E-state index contributed by atoms with van der Waals surface area (Å²) in [6, 6.07) is 12.3. The lowest BCUT2D eigenvalue weighted by atomic mass is 10.2. The van der Waals surface area contributed by atoms with Crippen molar-refractivity contribution in [2.45, 2.75) is 30.2 Å². The van der Waals surface area contributed by atoms with Crippen molar-refractivity contribution in [3.63, 3.8) is 0 Å². The van der Waals surface area contributed by atoms with Gasteiger partial charge in [0.2, 0.25) is 5.91 Å². The van der Waals surface area contributed by atoms with Crippen molar-refractivity contribution in [3.05, 3.63) is 66.1 Å². The van der Waals surface area contributed by atoms with Gasteiger partial charge in [0.25, 0.3) is 0 Å². The number of fused-ring (bicyclic) bond motifs is 1. The van der Waals surface area contributed by atoms with Gasteiger partial charge in [-0.25, -0.2) is 12.8 Å². The third kappa shape index (κ3) is 5.02. The second-order valence-corrected chi connectivity index (χ2v) is 8.91. The lowest BCUT2D eigenvalue weighted by Gasteiger charge is -2.13. The number of ether oxygens (including phenoxy) is 1. The number of aromatic nitrogens is 1. The van der Waals surface area contributed by atoms with Crippen LogP contribution >= 0.6 is 0 Å². The Labute approximate surface area is 169 Å². The van der Waals surface area contributed by atoms with Gasteiger partial charge in [-0.05, 0) is 30.7 Å². The Kier molecular flexibility index (Phi) is 6.34. The molecule has 2 aromatic carbocycles. The molecule has 0 spiro atoms. The van der Waals surface area contributed by atoms with E-state index < -0.39 is 15.7 Å². The molecule has 154 valence electrons. The summed E-state index contributed by atoms with van der Waals surface area (Å²) in [7, 11) is -2.14. The molecular weight excluding hydrogens is 395 g/mol. The zero-order valence-electron chi connectivity index (χ0n) is 16.3. The molecule has 29 heavy (non-hydrogen) atoms. The minimum Gasteiger partial charge on any atom is -0.383 e. The third-order valence-electron chi connectivity index (χ3n) is 4.50. The molecular formula is C21H23FN2O4S. The highest BCUT2D eigenvalue weighted by molar-refractivity contribution is 7.90. The number of carbonyl (C=O) groups excluding carboxylic acids is 1. The molecule has 0 radical (unpaired) electrons. The van der Waals surface area contributed by atoms with Gasteiger partial charge in [-0.15, -0.1) is 0 Å². The molecule has 3 aromatic rings. The first-order valence-electron chi connectivity index (χ1n) is 9.13. The van der Waals surface area contributed by atoms with Gasteiger partial charge in [-0.3, -0.25) is 4.79 Å². The first-order valence-corrected chi connectivity index (χ1v) is 10.8. The summed E-state index contributed by atoms with van der Waals surface area (Å²) in [5.74, 6) is -0.910. The number of nitrogens with one attached hydrogen (secondary N) is 1. The molecule has 0 aliphatic heterocycles. The molecule has 0 bridgehead atoms. The van der Waals surface area contributed by atoms with Crippen molar-refractivity contribution in [2.75, 3.05) is 13.7 Å². The number of halogens is 1. The van der Waals surface area contributed by atoms with E-state index in [1.54, 1.807) is 35.9 Å². The number of hydrogen-bond acceptors (Lipinski definition) is 4. The van der Waals surface area contributed by atoms with Crippen LogP contribution in [0.1, 0.15) is 12.5 Å². The largest absolute Gasteiger partial charge is 0.383 e. The molecule has 0 saturated heterocycles. The van der Waals surface area contributed by atoms with E-state index in [1.807, 2.05) is 6.92 Å². The van der Waals surface area contributed by atoms with Gasteiger partial charge >= 0.3 is 0 Å². The predicted octanol–water partition coefficient (Wildman–Crippen LogP) is 2.91. The van der Waals surface area contributed by atoms with Crippen LogP contribution in [-0.2, 0) is 31.7 Å². The number of carbonyl (C=O) groups is 1. The van der Waals surface area contributed by atoms with Crippen molar-refractivity contribution in [1.82, 2.24) is 9.88 Å². The van der Waals surface area contributed by atoms with Crippen molar-refractivity contribution >= 4 is 26.6 Å². The van der Waals surface area contributed by atoms with Gasteiger partial charge in [0.15, 0.2) is 9.84 Å². The van der Waals surface area contributed by atoms with Crippen molar-refractivity contribution in [2.24, 2.45) is 0 Å². The summed E-state index contributed by atoms with van der Waals surface area (Å²) in [5, 5.41) is 3.37. The normalized spacial score (nSPS) is 12.8. The van der Waals surface area contributed by atoms with Crippen LogP contribution in [0.5, 0.6) is 0 Å². The Balaban J connectivity index is 1.91. The zero-order chi connectivity index (χ0) is 21.0. The molecule has 0 aliphatic carbocycles. The minimum atomic E-state index is -3.69. The number of para-hydroxylation sites is 1. The Morgan fingerprint density at radius 1 is 1.17 bits per heavy atom. The van der Waals surface area contributed by atoms with E-state index in [4.69, 9.17) is 4.74 Å². The zero-order valence-corrected chi connectivity index (χ0v) is 17.1. The maximum absolute atomic E-state index is 13.1. The van der Waals surface area contributed by atoms with Crippen LogP contribution in [0.15, 0.2) is 59.6 Å². The third-order valence-corrected chi connectivity index (χ3v) is 6.20. The summed E-state index contributed by atoms with van der Waals surface area (Å²) in [4.78, 5) is 12.5. The Morgan fingerprint density at radius 2 is 1.86 bits per heavy atom. The van der Waals surface area contributed by atoms with Crippen LogP contribution in [0, 0.1) is 5.82 Å². The molecule has 1 aromatic heterocycles. The lowest BCUT2D eigenvalue weighted by Crippen LogP contribution is -2.37. The van der Waals surface area contributed by atoms with E-state index in [9.17, 15) is 17.6 Å². The summed E-state index contributed by atoms with van der Waals surface area (Å²) in [5.41, 5.74) is 1.15. The molecule has 0 saturated carbocycles. The fourth-order valence-electron chi connectivity index (χ4n) is 3.24. The van der Waals surface area contributed by atoms with Crippen molar-refractivity contribution < 1.29 is 22.3 Å². The van der Waals surface area contributed by atoms with E-state index in [2.05, 4.69) is 5.32 Å². The summed E-state index contributed by atoms with van der Waals surface area (Å²) < 4.78 is 45.8. The molecule has 3 rings (SSSR count). The highest BCUT2D eigenvalue weighted by Gasteiger charge is 2.22. The molecule has 6 nitrogen and oxygen atoms in total. The highest BCUT2D eigenvalue weighted by Crippen LogP contribution is 2.28. The highest BCUT2D eigenvalue weighted by atomic mass is 32.2. The number of nitrogens with zero attached hydrogens (tertiary/aromatic N) is 1. The first-order chi connectivity index (χ1) is 13.8. The lowest BCUT2D eigenvalue weighted by molar-refractivity contribution is -0.122. The molecule has 1 amide bonds. The first kappa shape index (κ1) is 21.0.